The number of rotatable bonds is 1. The van der Waals surface area contributed by atoms with Crippen molar-refractivity contribution in [3.63, 3.8) is 0 Å². The second-order valence-corrected chi connectivity index (χ2v) is 1.63. The van der Waals surface area contributed by atoms with Crippen molar-refractivity contribution in [2.24, 2.45) is 0 Å². The molecule has 36 valence electrons. The first-order valence-corrected chi connectivity index (χ1v) is 2.96. The zero-order valence-corrected chi connectivity index (χ0v) is 4.97. The van der Waals surface area contributed by atoms with Crippen molar-refractivity contribution in [1.82, 2.24) is 4.72 Å². The van der Waals surface area contributed by atoms with Gasteiger partial charge in [-0.05, 0) is 0 Å². The standard InChI is InChI=1S/C2H5NOS2/c1-6-3-2(4)5/h1H3,(H2,3,4,5). The summed E-state index contributed by atoms with van der Waals surface area (Å²) in [7, 11) is 0. The van der Waals surface area contributed by atoms with Crippen molar-refractivity contribution in [3.05, 3.63) is 0 Å². The van der Waals surface area contributed by atoms with E-state index < -0.39 is 0 Å². The predicted octanol–water partition coefficient (Wildman–Crippen LogP) is 0.904. The van der Waals surface area contributed by atoms with E-state index in [0.717, 1.165) is 0 Å². The Morgan fingerprint density at radius 3 is 2.50 bits per heavy atom. The van der Waals surface area contributed by atoms with Gasteiger partial charge < -0.3 is 0 Å². The van der Waals surface area contributed by atoms with Crippen LogP contribution < -0.4 is 4.72 Å². The van der Waals surface area contributed by atoms with E-state index in [9.17, 15) is 4.79 Å². The minimum atomic E-state index is -0.303. The Hall–Kier alpha value is 0.170. The average molecular weight is 123 g/mol. The summed E-state index contributed by atoms with van der Waals surface area (Å²) >= 11 is 4.64. The second-order valence-electron chi connectivity index (χ2n) is 0.611. The van der Waals surface area contributed by atoms with Gasteiger partial charge in [-0.15, -0.1) is 0 Å². The molecule has 0 aliphatic heterocycles. The van der Waals surface area contributed by atoms with Gasteiger partial charge >= 0.3 is 0 Å². The highest BCUT2D eigenvalue weighted by Crippen LogP contribution is 1.84. The van der Waals surface area contributed by atoms with Crippen LogP contribution in [-0.4, -0.2) is 11.5 Å². The zero-order chi connectivity index (χ0) is 4.99. The summed E-state index contributed by atoms with van der Waals surface area (Å²) in [4.78, 5) is 9.78. The van der Waals surface area contributed by atoms with E-state index in [-0.39, 0.29) is 5.24 Å². The lowest BCUT2D eigenvalue weighted by Gasteiger charge is -1.86. The molecule has 0 saturated heterocycles. The van der Waals surface area contributed by atoms with Crippen molar-refractivity contribution in [2.45, 2.75) is 0 Å². The van der Waals surface area contributed by atoms with Crippen LogP contribution in [0.15, 0.2) is 0 Å². The van der Waals surface area contributed by atoms with Crippen LogP contribution in [0.2, 0.25) is 0 Å². The summed E-state index contributed by atoms with van der Waals surface area (Å²) < 4.78 is 2.35. The Kier molecular flexibility index (Phi) is 3.46. The molecule has 2 nitrogen and oxygen atoms in total. The topological polar surface area (TPSA) is 29.1 Å². The van der Waals surface area contributed by atoms with Crippen molar-refractivity contribution < 1.29 is 4.79 Å². The number of nitrogens with one attached hydrogen (secondary N) is 1. The fourth-order valence-corrected chi connectivity index (χ4v) is 0.536. The Morgan fingerprint density at radius 2 is 2.50 bits per heavy atom. The first kappa shape index (κ1) is 6.17. The highest BCUT2D eigenvalue weighted by Gasteiger charge is 1.81. The molecule has 0 rings (SSSR count). The maximum atomic E-state index is 9.78. The van der Waals surface area contributed by atoms with Gasteiger partial charge in [0.05, 0.1) is 0 Å². The molecule has 0 fully saturated rings. The summed E-state index contributed by atoms with van der Waals surface area (Å²) in [6.45, 7) is 0. The maximum Gasteiger partial charge on any atom is 0.285 e. The van der Waals surface area contributed by atoms with E-state index >= 15 is 0 Å². The van der Waals surface area contributed by atoms with E-state index in [1.165, 1.54) is 11.9 Å². The van der Waals surface area contributed by atoms with Crippen molar-refractivity contribution in [2.75, 3.05) is 6.26 Å². The monoisotopic (exact) mass is 123 g/mol. The van der Waals surface area contributed by atoms with Gasteiger partial charge in [0, 0.05) is 6.26 Å². The quantitative estimate of drug-likeness (QED) is 0.401. The number of hydrogen-bond donors (Lipinski definition) is 2. The Balaban J connectivity index is 2.83. The van der Waals surface area contributed by atoms with Gasteiger partial charge in [0.25, 0.3) is 5.24 Å². The van der Waals surface area contributed by atoms with Crippen molar-refractivity contribution in [1.29, 1.82) is 0 Å². The Morgan fingerprint density at radius 1 is 2.00 bits per heavy atom. The van der Waals surface area contributed by atoms with Gasteiger partial charge in [0.15, 0.2) is 0 Å². The van der Waals surface area contributed by atoms with Crippen molar-refractivity contribution in [3.8, 4) is 0 Å². The molecule has 4 heteroatoms. The number of amides is 1. The summed E-state index contributed by atoms with van der Waals surface area (Å²) in [5.41, 5.74) is 0. The van der Waals surface area contributed by atoms with Crippen LogP contribution in [-0.2, 0) is 0 Å². The summed E-state index contributed by atoms with van der Waals surface area (Å²) in [5.74, 6) is 0. The van der Waals surface area contributed by atoms with E-state index in [4.69, 9.17) is 0 Å². The fourth-order valence-electron chi connectivity index (χ4n) is 0.0873. The summed E-state index contributed by atoms with van der Waals surface area (Å²) in [5, 5.41) is -0.303. The van der Waals surface area contributed by atoms with E-state index in [0.29, 0.717) is 0 Å². The molecule has 6 heavy (non-hydrogen) atoms. The van der Waals surface area contributed by atoms with Gasteiger partial charge in [0.1, 0.15) is 0 Å². The summed E-state index contributed by atoms with van der Waals surface area (Å²) in [6.07, 6.45) is 1.76. The van der Waals surface area contributed by atoms with Crippen LogP contribution in [0, 0.1) is 0 Å². The molecule has 1 N–H and O–H groups in total. The van der Waals surface area contributed by atoms with Crippen LogP contribution in [0.1, 0.15) is 0 Å². The minimum absolute atomic E-state index is 0.303. The second kappa shape index (κ2) is 3.36. The number of carbonyl (C=O) groups is 1. The molecule has 0 aliphatic rings. The Bertz CT molecular complexity index is 55.5. The summed E-state index contributed by atoms with van der Waals surface area (Å²) in [6, 6.07) is 0. The first-order valence-electron chi connectivity index (χ1n) is 1.29. The molecule has 0 atom stereocenters. The highest BCUT2D eigenvalue weighted by atomic mass is 32.2. The lowest BCUT2D eigenvalue weighted by Crippen LogP contribution is -2.03. The third kappa shape index (κ3) is 4.17. The normalized spacial score (nSPS) is 7.67. The molecular weight excluding hydrogens is 118 g/mol. The molecule has 0 unspecified atom stereocenters. The molecule has 0 aromatic heterocycles. The molecule has 0 bridgehead atoms. The smallest absolute Gasteiger partial charge is 0.285 e. The van der Waals surface area contributed by atoms with Gasteiger partial charge in [-0.3, -0.25) is 9.52 Å². The number of thiol groups is 1. The first-order chi connectivity index (χ1) is 2.77. The molecular formula is C2H5NOS2. The largest absolute Gasteiger partial charge is 0.291 e. The molecule has 0 heterocycles. The van der Waals surface area contributed by atoms with Crippen molar-refractivity contribution >= 4 is 29.8 Å². The lowest BCUT2D eigenvalue weighted by atomic mass is 11.5. The number of hydrogen-bond acceptors (Lipinski definition) is 2. The van der Waals surface area contributed by atoms with Crippen LogP contribution in [0.3, 0.4) is 0 Å². The molecule has 0 aromatic rings. The Labute approximate surface area is 46.2 Å². The van der Waals surface area contributed by atoms with Crippen LogP contribution in [0.25, 0.3) is 0 Å². The maximum absolute atomic E-state index is 9.78. The molecule has 0 aromatic carbocycles. The third-order valence-corrected chi connectivity index (χ3v) is 0.842. The van der Waals surface area contributed by atoms with E-state index in [2.05, 4.69) is 17.4 Å². The van der Waals surface area contributed by atoms with Gasteiger partial charge in [0.2, 0.25) is 0 Å². The molecule has 0 spiro atoms. The predicted molar refractivity (Wildman–Crippen MR) is 31.0 cm³/mol. The zero-order valence-electron chi connectivity index (χ0n) is 3.26. The molecule has 0 saturated carbocycles. The van der Waals surface area contributed by atoms with E-state index in [1.54, 1.807) is 6.26 Å². The molecule has 0 radical (unpaired) electrons. The van der Waals surface area contributed by atoms with Gasteiger partial charge in [-0.2, -0.15) is 0 Å². The van der Waals surface area contributed by atoms with Gasteiger partial charge in [-0.25, -0.2) is 0 Å². The SMILES string of the molecule is CSNC(=O)S. The molecule has 1 amide bonds. The third-order valence-electron chi connectivity index (χ3n) is 0.189. The van der Waals surface area contributed by atoms with Gasteiger partial charge in [-0.1, -0.05) is 24.6 Å². The minimum Gasteiger partial charge on any atom is -0.291 e. The fraction of sp³-hybridized carbons (Fsp3) is 0.500. The van der Waals surface area contributed by atoms with E-state index in [1.807, 2.05) is 0 Å². The number of carbonyl (C=O) groups excluding carboxylic acids is 1. The lowest BCUT2D eigenvalue weighted by molar-refractivity contribution is 0.265. The van der Waals surface area contributed by atoms with Crippen LogP contribution >= 0.6 is 24.6 Å². The highest BCUT2D eigenvalue weighted by molar-refractivity contribution is 8.02. The van der Waals surface area contributed by atoms with Crippen LogP contribution in [0.4, 0.5) is 4.79 Å². The van der Waals surface area contributed by atoms with Crippen LogP contribution in [0.5, 0.6) is 0 Å². The average Bonchev–Trinajstić information content (AvgIpc) is 1.35. The molecule has 0 aliphatic carbocycles.